The van der Waals surface area contributed by atoms with Crippen LogP contribution in [-0.4, -0.2) is 29.7 Å². The third-order valence-electron chi connectivity index (χ3n) is 2.00. The number of aromatic nitrogens is 1. The van der Waals surface area contributed by atoms with E-state index in [1.165, 1.54) is 12.1 Å². The summed E-state index contributed by atoms with van der Waals surface area (Å²) in [6, 6.07) is 2.99. The number of pyridine rings is 1. The van der Waals surface area contributed by atoms with Crippen molar-refractivity contribution in [3.8, 4) is 5.88 Å². The highest BCUT2D eigenvalue weighted by molar-refractivity contribution is 5.91. The fraction of sp³-hybridized carbons (Fsp3) is 0.500. The number of nitrogen functional groups attached to an aromatic ring is 1. The minimum Gasteiger partial charge on any atom is -0.474 e. The molecule has 0 radical (unpaired) electrons. The van der Waals surface area contributed by atoms with Gasteiger partial charge in [0.15, 0.2) is 0 Å². The zero-order valence-electron chi connectivity index (χ0n) is 10.9. The summed E-state index contributed by atoms with van der Waals surface area (Å²) < 4.78 is 10.8. The van der Waals surface area contributed by atoms with E-state index < -0.39 is 5.91 Å². The molecule has 100 valence electrons. The van der Waals surface area contributed by atoms with Gasteiger partial charge in [-0.15, -0.1) is 0 Å². The largest absolute Gasteiger partial charge is 0.474 e. The average Bonchev–Trinajstić information content (AvgIpc) is 2.24. The maximum Gasteiger partial charge on any atom is 0.267 e. The molecule has 0 bridgehead atoms. The van der Waals surface area contributed by atoms with Gasteiger partial charge in [-0.1, -0.05) is 0 Å². The van der Waals surface area contributed by atoms with Crippen molar-refractivity contribution in [1.82, 2.24) is 4.98 Å². The van der Waals surface area contributed by atoms with Crippen molar-refractivity contribution in [2.24, 2.45) is 5.73 Å². The quantitative estimate of drug-likeness (QED) is 0.761. The molecule has 4 N–H and O–H groups in total. The van der Waals surface area contributed by atoms with Crippen molar-refractivity contribution in [3.63, 3.8) is 0 Å². The lowest BCUT2D eigenvalue weighted by Gasteiger charge is -2.19. The number of rotatable bonds is 5. The second kappa shape index (κ2) is 5.68. The van der Waals surface area contributed by atoms with Crippen LogP contribution in [0.25, 0.3) is 0 Å². The molecule has 1 aromatic heterocycles. The van der Waals surface area contributed by atoms with Crippen LogP contribution in [0.2, 0.25) is 0 Å². The number of ether oxygens (including phenoxy) is 2. The molecule has 0 fully saturated rings. The maximum atomic E-state index is 11.0. The third-order valence-corrected chi connectivity index (χ3v) is 2.00. The Morgan fingerprint density at radius 1 is 1.33 bits per heavy atom. The smallest absolute Gasteiger partial charge is 0.267 e. The molecular formula is C12H19N3O3. The second-order valence-electron chi connectivity index (χ2n) is 4.76. The van der Waals surface area contributed by atoms with E-state index in [4.69, 9.17) is 20.9 Å². The molecule has 0 aliphatic rings. The molecule has 0 spiro atoms. The summed E-state index contributed by atoms with van der Waals surface area (Å²) in [6.45, 7) is 6.57. The van der Waals surface area contributed by atoms with E-state index in [9.17, 15) is 4.79 Å². The molecule has 0 saturated heterocycles. The van der Waals surface area contributed by atoms with Crippen LogP contribution in [0.3, 0.4) is 0 Å². The Morgan fingerprint density at radius 3 is 2.56 bits per heavy atom. The fourth-order valence-corrected chi connectivity index (χ4v) is 1.19. The van der Waals surface area contributed by atoms with E-state index in [0.717, 1.165) is 0 Å². The Balaban J connectivity index is 2.56. The lowest BCUT2D eigenvalue weighted by Crippen LogP contribution is -2.23. The molecule has 0 saturated carbocycles. The first-order valence-electron chi connectivity index (χ1n) is 5.62. The summed E-state index contributed by atoms with van der Waals surface area (Å²) in [5.74, 6) is -0.422. The molecule has 1 heterocycles. The predicted octanol–water partition coefficient (Wildman–Crippen LogP) is 0.957. The highest BCUT2D eigenvalue weighted by Crippen LogP contribution is 2.18. The van der Waals surface area contributed by atoms with Crippen LogP contribution in [0.1, 0.15) is 31.3 Å². The Morgan fingerprint density at radius 2 is 2.00 bits per heavy atom. The zero-order valence-corrected chi connectivity index (χ0v) is 10.9. The van der Waals surface area contributed by atoms with Crippen LogP contribution in [-0.2, 0) is 4.74 Å². The summed E-state index contributed by atoms with van der Waals surface area (Å²) >= 11 is 0. The minimum atomic E-state index is -0.620. The second-order valence-corrected chi connectivity index (χ2v) is 4.76. The van der Waals surface area contributed by atoms with E-state index in [1.807, 2.05) is 20.8 Å². The minimum absolute atomic E-state index is 0.121. The van der Waals surface area contributed by atoms with Crippen molar-refractivity contribution >= 4 is 11.6 Å². The van der Waals surface area contributed by atoms with Gasteiger partial charge in [0, 0.05) is 0 Å². The highest BCUT2D eigenvalue weighted by atomic mass is 16.5. The number of amides is 1. The van der Waals surface area contributed by atoms with Crippen LogP contribution in [0.5, 0.6) is 5.88 Å². The van der Waals surface area contributed by atoms with Gasteiger partial charge in [-0.25, -0.2) is 4.98 Å². The van der Waals surface area contributed by atoms with Crippen LogP contribution < -0.4 is 16.2 Å². The molecule has 0 aliphatic heterocycles. The normalized spacial score (nSPS) is 11.3. The average molecular weight is 253 g/mol. The van der Waals surface area contributed by atoms with E-state index in [-0.39, 0.29) is 17.2 Å². The molecular weight excluding hydrogens is 234 g/mol. The van der Waals surface area contributed by atoms with E-state index in [1.54, 1.807) is 0 Å². The first-order chi connectivity index (χ1) is 8.29. The van der Waals surface area contributed by atoms with Gasteiger partial charge < -0.3 is 20.9 Å². The van der Waals surface area contributed by atoms with Gasteiger partial charge in [-0.3, -0.25) is 4.79 Å². The number of carbonyl (C=O) groups is 1. The van der Waals surface area contributed by atoms with Crippen LogP contribution in [0.15, 0.2) is 12.1 Å². The number of nitrogens with two attached hydrogens (primary N) is 2. The van der Waals surface area contributed by atoms with Crippen molar-refractivity contribution in [2.45, 2.75) is 26.4 Å². The van der Waals surface area contributed by atoms with Crippen LogP contribution in [0, 0.1) is 0 Å². The molecule has 1 amide bonds. The summed E-state index contributed by atoms with van der Waals surface area (Å²) in [6.07, 6.45) is 0. The first kappa shape index (κ1) is 14.2. The molecule has 0 aromatic carbocycles. The Labute approximate surface area is 106 Å². The number of nitrogens with zero attached hydrogens (tertiary/aromatic N) is 1. The number of hydrogen-bond donors (Lipinski definition) is 2. The van der Waals surface area contributed by atoms with Gasteiger partial charge in [0.2, 0.25) is 5.88 Å². The standard InChI is InChI=1S/C12H19N3O3/c1-12(2,3)18-7-6-17-11-8(13)4-5-9(15-11)10(14)16/h4-5H,6-7,13H2,1-3H3,(H2,14,16). The number of primary amides is 1. The summed E-state index contributed by atoms with van der Waals surface area (Å²) in [7, 11) is 0. The van der Waals surface area contributed by atoms with E-state index >= 15 is 0 Å². The van der Waals surface area contributed by atoms with Crippen LogP contribution in [0.4, 0.5) is 5.69 Å². The maximum absolute atomic E-state index is 11.0. The van der Waals surface area contributed by atoms with Crippen molar-refractivity contribution < 1.29 is 14.3 Å². The van der Waals surface area contributed by atoms with Crippen molar-refractivity contribution in [2.75, 3.05) is 18.9 Å². The number of anilines is 1. The van der Waals surface area contributed by atoms with Gasteiger partial charge in [-0.05, 0) is 32.9 Å². The summed E-state index contributed by atoms with van der Waals surface area (Å²) in [5.41, 5.74) is 11.1. The Kier molecular flexibility index (Phi) is 4.49. The highest BCUT2D eigenvalue weighted by Gasteiger charge is 2.11. The molecule has 1 aromatic rings. The van der Waals surface area contributed by atoms with Gasteiger partial charge in [0.25, 0.3) is 5.91 Å². The first-order valence-corrected chi connectivity index (χ1v) is 5.62. The number of hydrogen-bond acceptors (Lipinski definition) is 5. The molecule has 18 heavy (non-hydrogen) atoms. The third kappa shape index (κ3) is 4.58. The predicted molar refractivity (Wildman–Crippen MR) is 68.4 cm³/mol. The topological polar surface area (TPSA) is 100 Å². The van der Waals surface area contributed by atoms with Crippen molar-refractivity contribution in [3.05, 3.63) is 17.8 Å². The monoisotopic (exact) mass is 253 g/mol. The SMILES string of the molecule is CC(C)(C)OCCOc1nc(C(N)=O)ccc1N. The lowest BCUT2D eigenvalue weighted by molar-refractivity contribution is -0.0167. The van der Waals surface area contributed by atoms with Gasteiger partial charge >= 0.3 is 0 Å². The Hall–Kier alpha value is -1.82. The number of carbonyl (C=O) groups excluding carboxylic acids is 1. The molecule has 0 aliphatic carbocycles. The molecule has 0 atom stereocenters. The molecule has 1 rings (SSSR count). The molecule has 6 nitrogen and oxygen atoms in total. The van der Waals surface area contributed by atoms with Gasteiger partial charge in [0.05, 0.1) is 17.9 Å². The summed E-state index contributed by atoms with van der Waals surface area (Å²) in [5, 5.41) is 0. The van der Waals surface area contributed by atoms with Crippen LogP contribution >= 0.6 is 0 Å². The van der Waals surface area contributed by atoms with E-state index in [0.29, 0.717) is 18.9 Å². The summed E-state index contributed by atoms with van der Waals surface area (Å²) in [4.78, 5) is 14.9. The van der Waals surface area contributed by atoms with Crippen molar-refractivity contribution in [1.29, 1.82) is 0 Å². The fourth-order valence-electron chi connectivity index (χ4n) is 1.19. The molecule has 6 heteroatoms. The zero-order chi connectivity index (χ0) is 13.8. The molecule has 0 unspecified atom stereocenters. The van der Waals surface area contributed by atoms with Gasteiger partial charge in [0.1, 0.15) is 12.3 Å². The Bertz CT molecular complexity index is 427. The van der Waals surface area contributed by atoms with Gasteiger partial charge in [-0.2, -0.15) is 0 Å². The lowest BCUT2D eigenvalue weighted by atomic mass is 10.2. The van der Waals surface area contributed by atoms with E-state index in [2.05, 4.69) is 4.98 Å².